The molecule has 0 bridgehead atoms. The highest BCUT2D eigenvalue weighted by Crippen LogP contribution is 2.22. The van der Waals surface area contributed by atoms with E-state index in [-0.39, 0.29) is 6.54 Å². The predicted molar refractivity (Wildman–Crippen MR) is 56.4 cm³/mol. The van der Waals surface area contributed by atoms with Crippen LogP contribution in [0.1, 0.15) is 24.2 Å². The summed E-state index contributed by atoms with van der Waals surface area (Å²) in [4.78, 5) is 0. The lowest BCUT2D eigenvalue weighted by atomic mass is 10.1. The Hall–Kier alpha value is -1.06. The van der Waals surface area contributed by atoms with Gasteiger partial charge in [-0.25, -0.2) is 0 Å². The number of benzene rings is 1. The Balaban J connectivity index is 2.88. The van der Waals surface area contributed by atoms with Crippen LogP contribution in [-0.4, -0.2) is 18.3 Å². The predicted octanol–water partition coefficient (Wildman–Crippen LogP) is 1.39. The molecular weight excluding hydrogens is 178 g/mol. The Morgan fingerprint density at radius 2 is 2.21 bits per heavy atom. The molecule has 0 radical (unpaired) electrons. The molecule has 0 saturated heterocycles. The van der Waals surface area contributed by atoms with Crippen LogP contribution in [0.3, 0.4) is 0 Å². The standard InChI is InChI=1S/C11H17NO2/c1-3-14-11-5-4-9(6-8(11)2)10(13)7-12/h4-6,10,13H,3,7,12H2,1-2H3. The summed E-state index contributed by atoms with van der Waals surface area (Å²) in [6.45, 7) is 4.80. The van der Waals surface area contributed by atoms with Crippen molar-refractivity contribution in [2.45, 2.75) is 20.0 Å². The van der Waals surface area contributed by atoms with Crippen LogP contribution in [0.4, 0.5) is 0 Å². The van der Waals surface area contributed by atoms with Crippen molar-refractivity contribution in [2.24, 2.45) is 5.73 Å². The summed E-state index contributed by atoms with van der Waals surface area (Å²) in [6.07, 6.45) is -0.579. The first-order chi connectivity index (χ1) is 6.69. The van der Waals surface area contributed by atoms with E-state index >= 15 is 0 Å². The van der Waals surface area contributed by atoms with Crippen LogP contribution in [0.5, 0.6) is 5.75 Å². The second kappa shape index (κ2) is 4.98. The lowest BCUT2D eigenvalue weighted by Gasteiger charge is -2.12. The van der Waals surface area contributed by atoms with Crippen molar-refractivity contribution in [1.29, 1.82) is 0 Å². The van der Waals surface area contributed by atoms with Gasteiger partial charge in [0.15, 0.2) is 0 Å². The van der Waals surface area contributed by atoms with E-state index in [1.165, 1.54) is 0 Å². The molecule has 0 amide bonds. The van der Waals surface area contributed by atoms with E-state index in [0.29, 0.717) is 6.61 Å². The van der Waals surface area contributed by atoms with Gasteiger partial charge in [-0.1, -0.05) is 6.07 Å². The van der Waals surface area contributed by atoms with Gasteiger partial charge < -0.3 is 15.6 Å². The summed E-state index contributed by atoms with van der Waals surface area (Å²) in [5.74, 6) is 0.862. The Morgan fingerprint density at radius 1 is 1.50 bits per heavy atom. The quantitative estimate of drug-likeness (QED) is 0.763. The summed E-state index contributed by atoms with van der Waals surface area (Å²) >= 11 is 0. The second-order valence-corrected chi connectivity index (χ2v) is 3.21. The zero-order valence-corrected chi connectivity index (χ0v) is 8.66. The summed E-state index contributed by atoms with van der Waals surface area (Å²) in [5.41, 5.74) is 7.24. The maximum absolute atomic E-state index is 9.51. The lowest BCUT2D eigenvalue weighted by Crippen LogP contribution is -2.11. The van der Waals surface area contributed by atoms with Gasteiger partial charge in [-0.3, -0.25) is 0 Å². The molecule has 1 rings (SSSR count). The monoisotopic (exact) mass is 195 g/mol. The summed E-state index contributed by atoms with van der Waals surface area (Å²) in [5, 5.41) is 9.51. The molecule has 0 aliphatic carbocycles. The van der Waals surface area contributed by atoms with Crippen molar-refractivity contribution in [1.82, 2.24) is 0 Å². The Kier molecular flexibility index (Phi) is 3.92. The normalized spacial score (nSPS) is 12.6. The maximum Gasteiger partial charge on any atom is 0.122 e. The minimum absolute atomic E-state index is 0.243. The van der Waals surface area contributed by atoms with Gasteiger partial charge in [0.25, 0.3) is 0 Å². The van der Waals surface area contributed by atoms with Gasteiger partial charge in [-0.05, 0) is 37.1 Å². The maximum atomic E-state index is 9.51. The van der Waals surface area contributed by atoms with Crippen molar-refractivity contribution >= 4 is 0 Å². The Morgan fingerprint density at radius 3 is 2.71 bits per heavy atom. The number of ether oxygens (including phenoxy) is 1. The molecule has 1 atom stereocenters. The van der Waals surface area contributed by atoms with Crippen LogP contribution >= 0.6 is 0 Å². The summed E-state index contributed by atoms with van der Waals surface area (Å²) in [7, 11) is 0. The molecule has 78 valence electrons. The smallest absolute Gasteiger partial charge is 0.122 e. The second-order valence-electron chi connectivity index (χ2n) is 3.21. The molecule has 0 saturated carbocycles. The van der Waals surface area contributed by atoms with Crippen LogP contribution in [0.2, 0.25) is 0 Å². The Labute approximate surface area is 84.5 Å². The fraction of sp³-hybridized carbons (Fsp3) is 0.455. The van der Waals surface area contributed by atoms with E-state index in [0.717, 1.165) is 16.9 Å². The van der Waals surface area contributed by atoms with Crippen molar-refractivity contribution in [3.05, 3.63) is 29.3 Å². The van der Waals surface area contributed by atoms with Gasteiger partial charge in [-0.15, -0.1) is 0 Å². The number of rotatable bonds is 4. The van der Waals surface area contributed by atoms with E-state index in [4.69, 9.17) is 10.5 Å². The average Bonchev–Trinajstić information content (AvgIpc) is 2.20. The average molecular weight is 195 g/mol. The molecule has 1 aromatic rings. The number of nitrogens with two attached hydrogens (primary N) is 1. The zero-order valence-electron chi connectivity index (χ0n) is 8.66. The fourth-order valence-corrected chi connectivity index (χ4v) is 1.33. The SMILES string of the molecule is CCOc1ccc(C(O)CN)cc1C. The van der Waals surface area contributed by atoms with Crippen molar-refractivity contribution in [3.63, 3.8) is 0 Å². The van der Waals surface area contributed by atoms with Gasteiger partial charge in [0, 0.05) is 6.54 Å². The number of aliphatic hydroxyl groups excluding tert-OH is 1. The molecule has 0 aliphatic rings. The Bertz CT molecular complexity index is 299. The van der Waals surface area contributed by atoms with Crippen molar-refractivity contribution in [2.75, 3.05) is 13.2 Å². The van der Waals surface area contributed by atoms with Crippen LogP contribution in [-0.2, 0) is 0 Å². The molecular formula is C11H17NO2. The van der Waals surface area contributed by atoms with E-state index < -0.39 is 6.10 Å². The van der Waals surface area contributed by atoms with E-state index in [1.807, 2.05) is 32.0 Å². The molecule has 3 heteroatoms. The van der Waals surface area contributed by atoms with E-state index in [9.17, 15) is 5.11 Å². The van der Waals surface area contributed by atoms with Gasteiger partial charge in [0.05, 0.1) is 12.7 Å². The topological polar surface area (TPSA) is 55.5 Å². The third kappa shape index (κ3) is 2.47. The molecule has 3 nitrogen and oxygen atoms in total. The lowest BCUT2D eigenvalue weighted by molar-refractivity contribution is 0.186. The minimum atomic E-state index is -0.579. The highest BCUT2D eigenvalue weighted by atomic mass is 16.5. The highest BCUT2D eigenvalue weighted by molar-refractivity contribution is 5.37. The van der Waals surface area contributed by atoms with Gasteiger partial charge in [0.1, 0.15) is 5.75 Å². The highest BCUT2D eigenvalue weighted by Gasteiger charge is 2.07. The molecule has 1 aromatic carbocycles. The van der Waals surface area contributed by atoms with E-state index in [1.54, 1.807) is 0 Å². The molecule has 0 heterocycles. The zero-order chi connectivity index (χ0) is 10.6. The number of aliphatic hydroxyl groups is 1. The van der Waals surface area contributed by atoms with Gasteiger partial charge in [0.2, 0.25) is 0 Å². The molecule has 14 heavy (non-hydrogen) atoms. The molecule has 0 aromatic heterocycles. The third-order valence-electron chi connectivity index (χ3n) is 2.11. The number of aryl methyl sites for hydroxylation is 1. The van der Waals surface area contributed by atoms with Crippen molar-refractivity contribution < 1.29 is 9.84 Å². The first-order valence-electron chi connectivity index (χ1n) is 4.80. The third-order valence-corrected chi connectivity index (χ3v) is 2.11. The molecule has 3 N–H and O–H groups in total. The van der Waals surface area contributed by atoms with E-state index in [2.05, 4.69) is 0 Å². The van der Waals surface area contributed by atoms with Crippen molar-refractivity contribution in [3.8, 4) is 5.75 Å². The van der Waals surface area contributed by atoms with Gasteiger partial charge >= 0.3 is 0 Å². The first kappa shape index (κ1) is 11.0. The molecule has 0 spiro atoms. The number of hydrogen-bond acceptors (Lipinski definition) is 3. The first-order valence-corrected chi connectivity index (χ1v) is 4.80. The minimum Gasteiger partial charge on any atom is -0.494 e. The van der Waals surface area contributed by atoms with Gasteiger partial charge in [-0.2, -0.15) is 0 Å². The van der Waals surface area contributed by atoms with Crippen LogP contribution < -0.4 is 10.5 Å². The molecule has 0 fully saturated rings. The largest absolute Gasteiger partial charge is 0.494 e. The van der Waals surface area contributed by atoms with Crippen LogP contribution in [0, 0.1) is 6.92 Å². The van der Waals surface area contributed by atoms with Crippen LogP contribution in [0.25, 0.3) is 0 Å². The molecule has 0 aliphatic heterocycles. The summed E-state index contributed by atoms with van der Waals surface area (Å²) in [6, 6.07) is 5.62. The molecule has 1 unspecified atom stereocenters. The summed E-state index contributed by atoms with van der Waals surface area (Å²) < 4.78 is 5.39. The number of hydrogen-bond donors (Lipinski definition) is 2. The fourth-order valence-electron chi connectivity index (χ4n) is 1.33. The van der Waals surface area contributed by atoms with Crippen LogP contribution in [0.15, 0.2) is 18.2 Å².